The van der Waals surface area contributed by atoms with E-state index in [0.717, 1.165) is 0 Å². The van der Waals surface area contributed by atoms with Gasteiger partial charge in [-0.05, 0) is 65.3 Å². The van der Waals surface area contributed by atoms with Gasteiger partial charge in [-0.3, -0.25) is 0 Å². The molecule has 3 heterocycles. The molecule has 0 bridgehead atoms. The molecule has 0 saturated carbocycles. The summed E-state index contributed by atoms with van der Waals surface area (Å²) in [5.41, 5.74) is 4.36. The zero-order valence-corrected chi connectivity index (χ0v) is 22.8. The van der Waals surface area contributed by atoms with E-state index in [9.17, 15) is 18.0 Å². The number of pyridine rings is 1. The Morgan fingerprint density at radius 1 is 1.11 bits per heavy atom. The zero-order chi connectivity index (χ0) is 28.2. The van der Waals surface area contributed by atoms with Gasteiger partial charge in [-0.25, -0.2) is 19.7 Å². The molecule has 0 spiro atoms. The molecule has 38 heavy (non-hydrogen) atoms. The molecule has 1 aliphatic heterocycles. The van der Waals surface area contributed by atoms with Crippen LogP contribution >= 0.6 is 11.6 Å². The van der Waals surface area contributed by atoms with Crippen LogP contribution in [0.5, 0.6) is 0 Å². The summed E-state index contributed by atoms with van der Waals surface area (Å²) in [6.07, 6.45) is -3.69. The maximum Gasteiger partial charge on any atom is 0.418 e. The number of halogens is 4. The average Bonchev–Trinajstić information content (AvgIpc) is 2.75. The van der Waals surface area contributed by atoms with Gasteiger partial charge in [-0.15, -0.1) is 0 Å². The molecule has 204 valence electrons. The van der Waals surface area contributed by atoms with E-state index in [2.05, 4.69) is 19.9 Å². The Hall–Kier alpha value is -3.34. The van der Waals surface area contributed by atoms with Gasteiger partial charge in [0, 0.05) is 36.1 Å². The summed E-state index contributed by atoms with van der Waals surface area (Å²) < 4.78 is 47.4. The fourth-order valence-electron chi connectivity index (χ4n) is 4.92. The predicted molar refractivity (Wildman–Crippen MR) is 141 cm³/mol. The van der Waals surface area contributed by atoms with Gasteiger partial charge in [0.2, 0.25) is 0 Å². The third-order valence-corrected chi connectivity index (χ3v) is 6.61. The first-order chi connectivity index (χ1) is 17.6. The highest BCUT2D eigenvalue weighted by atomic mass is 35.5. The van der Waals surface area contributed by atoms with Crippen molar-refractivity contribution < 1.29 is 22.7 Å². The van der Waals surface area contributed by atoms with Crippen molar-refractivity contribution >= 4 is 40.2 Å². The van der Waals surface area contributed by atoms with Gasteiger partial charge in [0.15, 0.2) is 0 Å². The minimum Gasteiger partial charge on any atom is -0.444 e. The summed E-state index contributed by atoms with van der Waals surface area (Å²) >= 11 is 6.58. The Morgan fingerprint density at radius 3 is 2.32 bits per heavy atom. The number of nitrogens with zero attached hydrogens (tertiary/aromatic N) is 5. The number of fused-ring (bicyclic) bond motifs is 1. The molecule has 1 fully saturated rings. The number of hydrogen-bond acceptors (Lipinski definition) is 7. The SMILES string of the molecule is Cc1cc(N)nc(-c2cc3ncnc(N4[C@@H](C)CN(C(=O)OC(C)(C)C)C[C@@H]4C)c3cc2Cl)c1C(F)(F)F. The molecular formula is C26H30ClF3N6O2. The van der Waals surface area contributed by atoms with Crippen LogP contribution < -0.4 is 10.6 Å². The minimum absolute atomic E-state index is 0.0458. The lowest BCUT2D eigenvalue weighted by Gasteiger charge is -2.45. The van der Waals surface area contributed by atoms with Crippen molar-refractivity contribution in [2.24, 2.45) is 0 Å². The Labute approximate surface area is 224 Å². The van der Waals surface area contributed by atoms with E-state index in [1.165, 1.54) is 25.4 Å². The second-order valence-corrected chi connectivity index (χ2v) is 11.0. The van der Waals surface area contributed by atoms with Crippen LogP contribution in [0.15, 0.2) is 24.5 Å². The lowest BCUT2D eigenvalue weighted by molar-refractivity contribution is -0.137. The Balaban J connectivity index is 1.76. The first kappa shape index (κ1) is 27.7. The number of carbonyl (C=O) groups is 1. The van der Waals surface area contributed by atoms with Crippen molar-refractivity contribution in [1.29, 1.82) is 0 Å². The summed E-state index contributed by atoms with van der Waals surface area (Å²) in [5.74, 6) is 0.524. The highest BCUT2D eigenvalue weighted by Crippen LogP contribution is 2.43. The third-order valence-electron chi connectivity index (χ3n) is 6.29. The number of nitrogens with two attached hydrogens (primary N) is 1. The first-order valence-electron chi connectivity index (χ1n) is 12.1. The van der Waals surface area contributed by atoms with E-state index >= 15 is 0 Å². The van der Waals surface area contributed by atoms with Gasteiger partial charge in [-0.2, -0.15) is 13.2 Å². The molecule has 4 rings (SSSR count). The van der Waals surface area contributed by atoms with Crippen molar-refractivity contribution in [3.8, 4) is 11.3 Å². The number of alkyl halides is 3. The number of aromatic nitrogens is 3. The van der Waals surface area contributed by atoms with Gasteiger partial charge in [0.05, 0.1) is 21.8 Å². The maximum absolute atomic E-state index is 14.0. The number of nitrogen functional groups attached to an aromatic ring is 1. The number of carbonyl (C=O) groups excluding carboxylic acids is 1. The Morgan fingerprint density at radius 2 is 1.74 bits per heavy atom. The van der Waals surface area contributed by atoms with E-state index < -0.39 is 17.3 Å². The van der Waals surface area contributed by atoms with Gasteiger partial charge in [0.25, 0.3) is 0 Å². The third kappa shape index (κ3) is 5.43. The number of aryl methyl sites for hydroxylation is 1. The molecule has 0 radical (unpaired) electrons. The summed E-state index contributed by atoms with van der Waals surface area (Å²) in [7, 11) is 0. The standard InChI is InChI=1S/C26H30ClF3N6O2/c1-13-7-20(31)34-22(21(13)26(28,29)30)16-9-19-17(8-18(16)27)23(33-12-32-19)36-14(2)10-35(11-15(36)3)24(37)38-25(4,5)6/h7-9,12,14-15H,10-11H2,1-6H3,(H2,31,34)/t14-,15-/m0/s1. The molecule has 1 amide bonds. The molecule has 1 aliphatic rings. The van der Waals surface area contributed by atoms with E-state index in [0.29, 0.717) is 29.8 Å². The normalized spacial score (nSPS) is 18.7. The molecule has 3 aromatic rings. The van der Waals surface area contributed by atoms with Crippen molar-refractivity contribution in [2.75, 3.05) is 23.7 Å². The van der Waals surface area contributed by atoms with Crippen molar-refractivity contribution in [3.63, 3.8) is 0 Å². The van der Waals surface area contributed by atoms with Crippen LogP contribution in [0.4, 0.5) is 29.6 Å². The van der Waals surface area contributed by atoms with Crippen molar-refractivity contribution in [1.82, 2.24) is 19.9 Å². The summed E-state index contributed by atoms with van der Waals surface area (Å²) in [6, 6.07) is 3.94. The molecule has 1 aromatic carbocycles. The predicted octanol–water partition coefficient (Wildman–Crippen LogP) is 6.09. The quantitative estimate of drug-likeness (QED) is 0.412. The van der Waals surface area contributed by atoms with Crippen LogP contribution in [0, 0.1) is 6.92 Å². The van der Waals surface area contributed by atoms with Crippen LogP contribution in [0.2, 0.25) is 5.02 Å². The average molecular weight is 551 g/mol. The molecule has 8 nitrogen and oxygen atoms in total. The molecule has 2 N–H and O–H groups in total. The molecule has 1 saturated heterocycles. The highest BCUT2D eigenvalue weighted by Gasteiger charge is 2.38. The number of piperazine rings is 1. The maximum atomic E-state index is 14.0. The van der Waals surface area contributed by atoms with Crippen LogP contribution in [-0.4, -0.2) is 56.7 Å². The van der Waals surface area contributed by atoms with Gasteiger partial charge >= 0.3 is 12.3 Å². The number of benzene rings is 1. The summed E-state index contributed by atoms with van der Waals surface area (Å²) in [5, 5.41) is 0.629. The van der Waals surface area contributed by atoms with Crippen molar-refractivity contribution in [3.05, 3.63) is 40.7 Å². The monoisotopic (exact) mass is 550 g/mol. The molecule has 2 aromatic heterocycles. The molecular weight excluding hydrogens is 521 g/mol. The van der Waals surface area contributed by atoms with Crippen LogP contribution in [0.3, 0.4) is 0 Å². The number of anilines is 2. The fraction of sp³-hybridized carbons (Fsp3) is 0.462. The smallest absolute Gasteiger partial charge is 0.418 e. The molecule has 0 aliphatic carbocycles. The van der Waals surface area contributed by atoms with Crippen LogP contribution in [0.1, 0.15) is 45.7 Å². The Kier molecular flexibility index (Phi) is 7.11. The lowest BCUT2D eigenvalue weighted by Crippen LogP contribution is -2.59. The minimum atomic E-state index is -4.66. The molecule has 2 atom stereocenters. The van der Waals surface area contributed by atoms with E-state index in [1.54, 1.807) is 11.0 Å². The van der Waals surface area contributed by atoms with Crippen LogP contribution in [-0.2, 0) is 10.9 Å². The first-order valence-corrected chi connectivity index (χ1v) is 12.5. The van der Waals surface area contributed by atoms with Gasteiger partial charge < -0.3 is 20.3 Å². The number of ether oxygens (including phenoxy) is 1. The topological polar surface area (TPSA) is 97.5 Å². The summed E-state index contributed by atoms with van der Waals surface area (Å²) in [4.78, 5) is 29.2. The van der Waals surface area contributed by atoms with E-state index in [4.69, 9.17) is 22.1 Å². The van der Waals surface area contributed by atoms with Crippen LogP contribution in [0.25, 0.3) is 22.2 Å². The van der Waals surface area contributed by atoms with E-state index in [-0.39, 0.29) is 45.8 Å². The second kappa shape index (κ2) is 9.76. The highest BCUT2D eigenvalue weighted by molar-refractivity contribution is 6.34. The van der Waals surface area contributed by atoms with Crippen molar-refractivity contribution in [2.45, 2.75) is 65.4 Å². The fourth-order valence-corrected chi connectivity index (χ4v) is 5.17. The molecule has 0 unspecified atom stereocenters. The second-order valence-electron chi connectivity index (χ2n) is 10.6. The number of amides is 1. The lowest BCUT2D eigenvalue weighted by atomic mass is 9.99. The number of rotatable bonds is 2. The zero-order valence-electron chi connectivity index (χ0n) is 22.0. The van der Waals surface area contributed by atoms with E-state index in [1.807, 2.05) is 34.6 Å². The van der Waals surface area contributed by atoms with Gasteiger partial charge in [-0.1, -0.05) is 11.6 Å². The molecule has 12 heteroatoms. The van der Waals surface area contributed by atoms with Gasteiger partial charge in [0.1, 0.15) is 23.6 Å². The Bertz CT molecular complexity index is 1380. The number of hydrogen-bond donors (Lipinski definition) is 1. The summed E-state index contributed by atoms with van der Waals surface area (Å²) in [6.45, 7) is 11.5. The largest absolute Gasteiger partial charge is 0.444 e.